The summed E-state index contributed by atoms with van der Waals surface area (Å²) in [6, 6.07) is 21.7. The number of amides is 2. The molecule has 3 aromatic carbocycles. The van der Waals surface area contributed by atoms with Crippen LogP contribution in [0, 0.1) is 0 Å². The average Bonchev–Trinajstić information content (AvgIpc) is 3.54. The van der Waals surface area contributed by atoms with Crippen molar-refractivity contribution < 1.29 is 33.3 Å². The van der Waals surface area contributed by atoms with Crippen molar-refractivity contribution in [2.75, 3.05) is 21.3 Å². The molecule has 0 aliphatic carbocycles. The molecule has 0 unspecified atom stereocenters. The van der Waals surface area contributed by atoms with Crippen molar-refractivity contribution in [2.45, 2.75) is 0 Å². The quantitative estimate of drug-likeness (QED) is 0.0842. The van der Waals surface area contributed by atoms with Crippen LogP contribution in [0.2, 0.25) is 0 Å². The molecule has 0 aliphatic heterocycles. The molecule has 4 aromatic rings. The third-order valence-electron chi connectivity index (χ3n) is 5.73. The van der Waals surface area contributed by atoms with E-state index in [-0.39, 0.29) is 11.3 Å². The number of carbonyl (C=O) groups excluding carboxylic acids is 3. The number of rotatable bonds is 11. The molecule has 2 amide bonds. The lowest BCUT2D eigenvalue weighted by Crippen LogP contribution is -2.32. The Morgan fingerprint density at radius 2 is 1.50 bits per heavy atom. The van der Waals surface area contributed by atoms with Crippen LogP contribution in [0.15, 0.2) is 95.0 Å². The summed E-state index contributed by atoms with van der Waals surface area (Å²) in [5.74, 6) is -0.338. The van der Waals surface area contributed by atoms with E-state index in [1.807, 2.05) is 17.5 Å². The van der Waals surface area contributed by atoms with Crippen molar-refractivity contribution in [3.05, 3.63) is 112 Å². The number of methoxy groups -OCH3 is 3. The molecule has 214 valence electrons. The number of hydrazone groups is 1. The summed E-state index contributed by atoms with van der Waals surface area (Å²) in [5, 5.41) is 8.52. The lowest BCUT2D eigenvalue weighted by Gasteiger charge is -2.13. The molecule has 0 aliphatic rings. The predicted molar refractivity (Wildman–Crippen MR) is 159 cm³/mol. The maximum absolute atomic E-state index is 12.9. The van der Waals surface area contributed by atoms with E-state index >= 15 is 0 Å². The summed E-state index contributed by atoms with van der Waals surface area (Å²) in [6.45, 7) is 0. The van der Waals surface area contributed by atoms with Crippen molar-refractivity contribution in [1.29, 1.82) is 0 Å². The van der Waals surface area contributed by atoms with Crippen molar-refractivity contribution in [3.63, 3.8) is 0 Å². The number of hydrogen-bond acceptors (Lipinski definition) is 9. The van der Waals surface area contributed by atoms with Crippen LogP contribution in [0.3, 0.4) is 0 Å². The second-order valence-corrected chi connectivity index (χ2v) is 9.44. The third kappa shape index (κ3) is 7.61. The molecule has 0 saturated heterocycles. The van der Waals surface area contributed by atoms with Crippen LogP contribution in [0.25, 0.3) is 6.08 Å². The highest BCUT2D eigenvalue weighted by Gasteiger charge is 2.18. The van der Waals surface area contributed by atoms with Crippen molar-refractivity contribution in [3.8, 4) is 23.0 Å². The summed E-state index contributed by atoms with van der Waals surface area (Å²) in [7, 11) is 4.38. The molecule has 0 radical (unpaired) electrons. The fraction of sp³-hybridized carbons (Fsp3) is 0.0968. The van der Waals surface area contributed by atoms with Gasteiger partial charge in [0.2, 0.25) is 5.75 Å². The number of benzene rings is 3. The zero-order valence-electron chi connectivity index (χ0n) is 23.0. The predicted octanol–water partition coefficient (Wildman–Crippen LogP) is 4.91. The fourth-order valence-electron chi connectivity index (χ4n) is 3.67. The number of nitrogens with one attached hydrogen (secondary N) is 2. The molecule has 2 N–H and O–H groups in total. The molecule has 0 saturated carbocycles. The summed E-state index contributed by atoms with van der Waals surface area (Å²) < 4.78 is 21.3. The number of hydrogen-bond donors (Lipinski definition) is 2. The Kier molecular flexibility index (Phi) is 10.1. The number of thiophene rings is 1. The highest BCUT2D eigenvalue weighted by Crippen LogP contribution is 2.38. The molecule has 4 rings (SSSR count). The Bertz CT molecular complexity index is 1570. The SMILES string of the molecule is COc1cc(C(=O)Oc2ccc(C=NNC(=O)C(=Cc3cccs3)NC(=O)c3ccccc3)cc2)cc(OC)c1OC. The molecule has 1 aromatic heterocycles. The number of ether oxygens (including phenoxy) is 4. The monoisotopic (exact) mass is 585 g/mol. The summed E-state index contributed by atoms with van der Waals surface area (Å²) in [6.07, 6.45) is 3.00. The van der Waals surface area contributed by atoms with Gasteiger partial charge in [0, 0.05) is 10.4 Å². The van der Waals surface area contributed by atoms with Gasteiger partial charge in [0.25, 0.3) is 11.8 Å². The first-order valence-corrected chi connectivity index (χ1v) is 13.4. The van der Waals surface area contributed by atoms with Gasteiger partial charge in [-0.3, -0.25) is 9.59 Å². The van der Waals surface area contributed by atoms with E-state index in [1.54, 1.807) is 60.7 Å². The highest BCUT2D eigenvalue weighted by molar-refractivity contribution is 7.10. The normalized spacial score (nSPS) is 11.1. The Morgan fingerprint density at radius 1 is 0.810 bits per heavy atom. The number of esters is 1. The fourth-order valence-corrected chi connectivity index (χ4v) is 4.33. The van der Waals surface area contributed by atoms with E-state index in [1.165, 1.54) is 51.0 Å². The molecule has 11 heteroatoms. The first-order valence-electron chi connectivity index (χ1n) is 12.5. The Balaban J connectivity index is 1.40. The lowest BCUT2D eigenvalue weighted by molar-refractivity contribution is -0.117. The molecule has 0 atom stereocenters. The van der Waals surface area contributed by atoms with Crippen LogP contribution in [0.4, 0.5) is 0 Å². The zero-order valence-corrected chi connectivity index (χ0v) is 23.8. The van der Waals surface area contributed by atoms with Crippen molar-refractivity contribution in [1.82, 2.24) is 10.7 Å². The van der Waals surface area contributed by atoms with Gasteiger partial charge in [-0.2, -0.15) is 5.10 Å². The van der Waals surface area contributed by atoms with E-state index in [9.17, 15) is 14.4 Å². The van der Waals surface area contributed by atoms with E-state index in [2.05, 4.69) is 15.8 Å². The maximum Gasteiger partial charge on any atom is 0.343 e. The molecule has 0 fully saturated rings. The van der Waals surface area contributed by atoms with E-state index in [0.29, 0.717) is 34.1 Å². The van der Waals surface area contributed by atoms with Gasteiger partial charge < -0.3 is 24.3 Å². The molecule has 42 heavy (non-hydrogen) atoms. The van der Waals surface area contributed by atoms with Crippen LogP contribution in [-0.2, 0) is 4.79 Å². The Morgan fingerprint density at radius 3 is 2.10 bits per heavy atom. The first kappa shape index (κ1) is 29.6. The van der Waals surface area contributed by atoms with E-state index in [0.717, 1.165) is 4.88 Å². The minimum atomic E-state index is -0.620. The summed E-state index contributed by atoms with van der Waals surface area (Å²) >= 11 is 1.42. The van der Waals surface area contributed by atoms with Gasteiger partial charge in [0.15, 0.2) is 11.5 Å². The topological polar surface area (TPSA) is 125 Å². The average molecular weight is 586 g/mol. The summed E-state index contributed by atoms with van der Waals surface area (Å²) in [4.78, 5) is 39.1. The maximum atomic E-state index is 12.9. The van der Waals surface area contributed by atoms with Crippen molar-refractivity contribution in [2.24, 2.45) is 5.10 Å². The van der Waals surface area contributed by atoms with Crippen LogP contribution < -0.4 is 29.7 Å². The van der Waals surface area contributed by atoms with Crippen LogP contribution in [0.5, 0.6) is 23.0 Å². The zero-order chi connectivity index (χ0) is 29.9. The van der Waals surface area contributed by atoms with Gasteiger partial charge in [0.1, 0.15) is 11.4 Å². The van der Waals surface area contributed by atoms with E-state index in [4.69, 9.17) is 18.9 Å². The largest absolute Gasteiger partial charge is 0.493 e. The van der Waals surface area contributed by atoms with Gasteiger partial charge in [0.05, 0.1) is 33.1 Å². The van der Waals surface area contributed by atoms with Gasteiger partial charge in [-0.1, -0.05) is 24.3 Å². The molecular weight excluding hydrogens is 558 g/mol. The minimum absolute atomic E-state index is 0.0394. The summed E-state index contributed by atoms with van der Waals surface area (Å²) in [5.41, 5.74) is 3.72. The third-order valence-corrected chi connectivity index (χ3v) is 6.55. The van der Waals surface area contributed by atoms with Crippen LogP contribution in [-0.4, -0.2) is 45.3 Å². The smallest absolute Gasteiger partial charge is 0.343 e. The Labute approximate surface area is 246 Å². The molecule has 10 nitrogen and oxygen atoms in total. The Hall–Kier alpha value is -5.42. The van der Waals surface area contributed by atoms with E-state index < -0.39 is 17.8 Å². The minimum Gasteiger partial charge on any atom is -0.493 e. The van der Waals surface area contributed by atoms with Gasteiger partial charge in [-0.25, -0.2) is 10.2 Å². The van der Waals surface area contributed by atoms with Crippen LogP contribution in [0.1, 0.15) is 31.2 Å². The van der Waals surface area contributed by atoms with Crippen molar-refractivity contribution >= 4 is 41.4 Å². The first-order chi connectivity index (χ1) is 20.4. The van der Waals surface area contributed by atoms with Crippen LogP contribution >= 0.6 is 11.3 Å². The molecular formula is C31H27N3O7S. The second-order valence-electron chi connectivity index (χ2n) is 8.47. The highest BCUT2D eigenvalue weighted by atomic mass is 32.1. The van der Waals surface area contributed by atoms with Gasteiger partial charge in [-0.05, 0) is 71.6 Å². The number of carbonyl (C=O) groups is 3. The van der Waals surface area contributed by atoms with Gasteiger partial charge in [-0.15, -0.1) is 11.3 Å². The molecule has 1 heterocycles. The number of nitrogens with zero attached hydrogens (tertiary/aromatic N) is 1. The standard InChI is InChI=1S/C31H27N3O7S/c1-38-26-16-22(17-27(39-2)28(26)40-3)31(37)41-23-13-11-20(12-14-23)19-32-34-30(36)25(18-24-10-7-15-42-24)33-29(35)21-8-5-4-6-9-21/h4-19H,1-3H3,(H,33,35)(H,34,36). The lowest BCUT2D eigenvalue weighted by atomic mass is 10.2. The van der Waals surface area contributed by atoms with Gasteiger partial charge >= 0.3 is 5.97 Å². The second kappa shape index (κ2) is 14.3. The molecule has 0 spiro atoms. The molecule has 0 bridgehead atoms.